The highest BCUT2D eigenvalue weighted by atomic mass is 16.4. The molecule has 2 amide bonds. The Hall–Kier alpha value is -1.66. The Bertz CT molecular complexity index is 303. The van der Waals surface area contributed by atoms with E-state index in [1.54, 1.807) is 0 Å². The molecule has 2 unspecified atom stereocenters. The predicted octanol–water partition coefficient (Wildman–Crippen LogP) is -1.56. The highest BCUT2D eigenvalue weighted by molar-refractivity contribution is 5.93. The Morgan fingerprint density at radius 1 is 1.44 bits per heavy atom. The first-order valence-electron chi connectivity index (χ1n) is 4.60. The van der Waals surface area contributed by atoms with Gasteiger partial charge in [-0.05, 0) is 0 Å². The second kappa shape index (κ2) is 6.04. The van der Waals surface area contributed by atoms with Crippen LogP contribution in [0.2, 0.25) is 0 Å². The largest absolute Gasteiger partial charge is 0.380 e. The van der Waals surface area contributed by atoms with Gasteiger partial charge in [0.2, 0.25) is 0 Å². The van der Waals surface area contributed by atoms with Crippen molar-refractivity contribution in [1.29, 1.82) is 0 Å². The number of carbonyl (C=O) groups excluding carboxylic acids is 2. The topological polar surface area (TPSA) is 113 Å². The van der Waals surface area contributed by atoms with Gasteiger partial charge in [0.05, 0.1) is 0 Å². The van der Waals surface area contributed by atoms with Gasteiger partial charge in [-0.15, -0.1) is 13.2 Å². The highest BCUT2D eigenvalue weighted by Crippen LogP contribution is 2.16. The van der Waals surface area contributed by atoms with Crippen LogP contribution in [0, 0.1) is 0 Å². The summed E-state index contributed by atoms with van der Waals surface area (Å²) in [5.41, 5.74) is 2.59. The van der Waals surface area contributed by atoms with Crippen LogP contribution in [0.3, 0.4) is 0 Å². The number of aliphatic hydroxyl groups is 2. The molecule has 0 aromatic rings. The summed E-state index contributed by atoms with van der Waals surface area (Å²) >= 11 is 0. The molecule has 0 aromatic carbocycles. The first-order chi connectivity index (χ1) is 7.40. The maximum atomic E-state index is 11.3. The normalized spacial score (nSPS) is 15.6. The lowest BCUT2D eigenvalue weighted by molar-refractivity contribution is -0.159. The molecule has 0 saturated heterocycles. The summed E-state index contributed by atoms with van der Waals surface area (Å²) in [6.07, 6.45) is 0.323. The quantitative estimate of drug-likeness (QED) is 0.395. The Balaban J connectivity index is 4.79. The van der Waals surface area contributed by atoms with Gasteiger partial charge in [-0.2, -0.15) is 0 Å². The lowest BCUT2D eigenvalue weighted by Gasteiger charge is -2.27. The van der Waals surface area contributed by atoms with Crippen LogP contribution in [0.15, 0.2) is 25.3 Å². The number of primary amides is 1. The Kier molecular flexibility index (Phi) is 5.41. The fraction of sp³-hybridized carbons (Fsp3) is 0.400. The third-order valence-electron chi connectivity index (χ3n) is 2.00. The summed E-state index contributed by atoms with van der Waals surface area (Å²) in [7, 11) is 0. The number of hydrogen-bond donors (Lipinski definition) is 4. The van der Waals surface area contributed by atoms with Gasteiger partial charge < -0.3 is 21.3 Å². The summed E-state index contributed by atoms with van der Waals surface area (Å²) in [6, 6.07) is 0. The van der Waals surface area contributed by atoms with Crippen LogP contribution in [0.25, 0.3) is 0 Å². The third kappa shape index (κ3) is 3.18. The molecule has 0 aliphatic rings. The zero-order valence-corrected chi connectivity index (χ0v) is 8.85. The van der Waals surface area contributed by atoms with E-state index in [-0.39, 0.29) is 13.0 Å². The van der Waals surface area contributed by atoms with E-state index in [4.69, 9.17) is 5.73 Å². The summed E-state index contributed by atoms with van der Waals surface area (Å²) < 4.78 is 0. The fourth-order valence-corrected chi connectivity index (χ4v) is 1.05. The van der Waals surface area contributed by atoms with Crippen molar-refractivity contribution in [3.8, 4) is 0 Å². The lowest BCUT2D eigenvalue weighted by Crippen LogP contribution is -2.58. The van der Waals surface area contributed by atoms with Crippen molar-refractivity contribution in [2.75, 3.05) is 6.54 Å². The molecule has 0 spiro atoms. The standard InChI is InChI=1S/C10H16N2O4/c1-3-5-10(16,9(11)15)7(13)8(14)12-6-4-2/h3-4,7,13,16H,1-2,5-6H2,(H2,11,15)(H,12,14). The van der Waals surface area contributed by atoms with Crippen molar-refractivity contribution >= 4 is 11.8 Å². The highest BCUT2D eigenvalue weighted by Gasteiger charge is 2.44. The van der Waals surface area contributed by atoms with Crippen LogP contribution in [-0.2, 0) is 9.59 Å². The van der Waals surface area contributed by atoms with E-state index < -0.39 is 23.5 Å². The van der Waals surface area contributed by atoms with Gasteiger partial charge in [0.1, 0.15) is 0 Å². The third-order valence-corrected chi connectivity index (χ3v) is 2.00. The van der Waals surface area contributed by atoms with Crippen molar-refractivity contribution in [1.82, 2.24) is 5.32 Å². The average molecular weight is 228 g/mol. The Morgan fingerprint density at radius 3 is 2.38 bits per heavy atom. The Morgan fingerprint density at radius 2 is 2.00 bits per heavy atom. The van der Waals surface area contributed by atoms with Crippen LogP contribution < -0.4 is 11.1 Å². The number of carbonyl (C=O) groups is 2. The second-order valence-corrected chi connectivity index (χ2v) is 3.22. The zero-order valence-electron chi connectivity index (χ0n) is 8.85. The van der Waals surface area contributed by atoms with Gasteiger partial charge in [0, 0.05) is 13.0 Å². The minimum atomic E-state index is -2.34. The SMILES string of the molecule is C=CCNC(=O)C(O)C(O)(CC=C)C(N)=O. The molecule has 0 fully saturated rings. The first kappa shape index (κ1) is 14.3. The van der Waals surface area contributed by atoms with Gasteiger partial charge in [-0.3, -0.25) is 9.59 Å². The predicted molar refractivity (Wildman–Crippen MR) is 58.2 cm³/mol. The first-order valence-corrected chi connectivity index (χ1v) is 4.60. The molecule has 5 N–H and O–H groups in total. The van der Waals surface area contributed by atoms with Crippen LogP contribution in [0.1, 0.15) is 6.42 Å². The van der Waals surface area contributed by atoms with Crippen molar-refractivity contribution in [3.63, 3.8) is 0 Å². The maximum absolute atomic E-state index is 11.3. The van der Waals surface area contributed by atoms with E-state index >= 15 is 0 Å². The minimum Gasteiger partial charge on any atom is -0.380 e. The van der Waals surface area contributed by atoms with Gasteiger partial charge in [-0.1, -0.05) is 12.2 Å². The maximum Gasteiger partial charge on any atom is 0.253 e. The van der Waals surface area contributed by atoms with Crippen molar-refractivity contribution in [2.24, 2.45) is 5.73 Å². The van der Waals surface area contributed by atoms with Gasteiger partial charge >= 0.3 is 0 Å². The van der Waals surface area contributed by atoms with Crippen LogP contribution >= 0.6 is 0 Å². The number of aliphatic hydroxyl groups excluding tert-OH is 1. The minimum absolute atomic E-state index is 0.110. The summed E-state index contributed by atoms with van der Waals surface area (Å²) in [5.74, 6) is -2.09. The van der Waals surface area contributed by atoms with Gasteiger partial charge in [0.15, 0.2) is 11.7 Å². The van der Waals surface area contributed by atoms with Gasteiger partial charge in [-0.25, -0.2) is 0 Å². The number of rotatable bonds is 7. The smallest absolute Gasteiger partial charge is 0.253 e. The van der Waals surface area contributed by atoms with E-state index in [0.717, 1.165) is 0 Å². The van der Waals surface area contributed by atoms with E-state index in [0.29, 0.717) is 0 Å². The zero-order chi connectivity index (χ0) is 12.8. The molecule has 0 rings (SSSR count). The second-order valence-electron chi connectivity index (χ2n) is 3.22. The number of amides is 2. The summed E-state index contributed by atoms with van der Waals surface area (Å²) in [5, 5.41) is 21.5. The molecule has 90 valence electrons. The van der Waals surface area contributed by atoms with Crippen molar-refractivity contribution in [3.05, 3.63) is 25.3 Å². The van der Waals surface area contributed by atoms with Crippen LogP contribution in [0.4, 0.5) is 0 Å². The fourth-order valence-electron chi connectivity index (χ4n) is 1.05. The van der Waals surface area contributed by atoms with Crippen LogP contribution in [-0.4, -0.2) is 40.3 Å². The average Bonchev–Trinajstić information content (AvgIpc) is 2.24. The molecule has 0 radical (unpaired) electrons. The molecule has 0 heterocycles. The van der Waals surface area contributed by atoms with E-state index in [1.165, 1.54) is 12.2 Å². The summed E-state index contributed by atoms with van der Waals surface area (Å²) in [4.78, 5) is 22.3. The van der Waals surface area contributed by atoms with Gasteiger partial charge in [0.25, 0.3) is 11.8 Å². The molecule has 16 heavy (non-hydrogen) atoms. The number of nitrogens with one attached hydrogen (secondary N) is 1. The van der Waals surface area contributed by atoms with Crippen molar-refractivity contribution in [2.45, 2.75) is 18.1 Å². The monoisotopic (exact) mass is 228 g/mol. The lowest BCUT2D eigenvalue weighted by atomic mass is 9.91. The molecule has 2 atom stereocenters. The van der Waals surface area contributed by atoms with Crippen LogP contribution in [0.5, 0.6) is 0 Å². The Labute approximate surface area is 93.4 Å². The van der Waals surface area contributed by atoms with E-state index in [1.807, 2.05) is 0 Å². The summed E-state index contributed by atoms with van der Waals surface area (Å²) in [6.45, 7) is 6.77. The molecule has 6 heteroatoms. The molecule has 0 aliphatic carbocycles. The molecular formula is C10H16N2O4. The van der Waals surface area contributed by atoms with Crippen molar-refractivity contribution < 1.29 is 19.8 Å². The number of hydrogen-bond acceptors (Lipinski definition) is 4. The molecule has 0 aromatic heterocycles. The molecule has 0 saturated carbocycles. The number of nitrogens with two attached hydrogens (primary N) is 1. The molecule has 6 nitrogen and oxygen atoms in total. The molecular weight excluding hydrogens is 212 g/mol. The van der Waals surface area contributed by atoms with E-state index in [9.17, 15) is 19.8 Å². The molecule has 0 aliphatic heterocycles. The van der Waals surface area contributed by atoms with E-state index in [2.05, 4.69) is 18.5 Å². The molecule has 0 bridgehead atoms.